The Bertz CT molecular complexity index is 615. The molecule has 31 heavy (non-hydrogen) atoms. The fraction of sp³-hybridized carbons (Fsp3) is 0.739. The number of aliphatic hydroxyl groups is 2. The average Bonchev–Trinajstić information content (AvgIpc) is 2.75. The van der Waals surface area contributed by atoms with Crippen LogP contribution in [0.4, 0.5) is 0 Å². The van der Waals surface area contributed by atoms with Crippen molar-refractivity contribution in [1.29, 1.82) is 0 Å². The first-order chi connectivity index (χ1) is 14.7. The van der Waals surface area contributed by atoms with Crippen LogP contribution < -0.4 is 5.32 Å². The summed E-state index contributed by atoms with van der Waals surface area (Å²) in [5, 5.41) is 22.4. The van der Waals surface area contributed by atoms with Crippen LogP contribution in [0.25, 0.3) is 0 Å². The second-order valence-electron chi connectivity index (χ2n) is 8.24. The molecular weight excluding hydrogens is 416 g/mol. The van der Waals surface area contributed by atoms with Gasteiger partial charge in [-0.25, -0.2) is 0 Å². The molecule has 178 valence electrons. The van der Waals surface area contributed by atoms with Crippen LogP contribution in [0.5, 0.6) is 0 Å². The minimum atomic E-state index is -1.57. The first-order valence-corrected chi connectivity index (χ1v) is 11.7. The van der Waals surface area contributed by atoms with Crippen molar-refractivity contribution in [2.75, 3.05) is 25.4 Å². The zero-order valence-corrected chi connectivity index (χ0v) is 20.1. The first-order valence-electron chi connectivity index (χ1n) is 11.1. The minimum absolute atomic E-state index is 0.0669. The molecule has 0 rings (SSSR count). The van der Waals surface area contributed by atoms with E-state index in [9.17, 15) is 24.6 Å². The molecule has 0 saturated carbocycles. The molecule has 3 amide bonds. The number of nitrogens with one attached hydrogen (secondary N) is 1. The molecule has 0 saturated heterocycles. The van der Waals surface area contributed by atoms with Gasteiger partial charge in [0.2, 0.25) is 11.8 Å². The van der Waals surface area contributed by atoms with Crippen molar-refractivity contribution in [3.63, 3.8) is 0 Å². The van der Waals surface area contributed by atoms with Gasteiger partial charge in [-0.3, -0.25) is 19.3 Å². The molecule has 8 heteroatoms. The van der Waals surface area contributed by atoms with Crippen LogP contribution in [0.15, 0.2) is 17.9 Å². The number of unbranched alkanes of at least 4 members (excludes halogenated alkanes) is 5. The third kappa shape index (κ3) is 12.8. The Morgan fingerprint density at radius 2 is 1.84 bits per heavy atom. The van der Waals surface area contributed by atoms with Crippen molar-refractivity contribution in [2.24, 2.45) is 5.41 Å². The van der Waals surface area contributed by atoms with Gasteiger partial charge in [0.25, 0.3) is 5.91 Å². The Labute approximate surface area is 192 Å². The van der Waals surface area contributed by atoms with Gasteiger partial charge < -0.3 is 15.5 Å². The maximum absolute atomic E-state index is 12.7. The van der Waals surface area contributed by atoms with Crippen LogP contribution in [0.2, 0.25) is 0 Å². The summed E-state index contributed by atoms with van der Waals surface area (Å²) in [6.45, 7) is 5.04. The number of imide groups is 1. The van der Waals surface area contributed by atoms with Gasteiger partial charge in [-0.2, -0.15) is 12.6 Å². The van der Waals surface area contributed by atoms with Gasteiger partial charge in [0, 0.05) is 30.7 Å². The summed E-state index contributed by atoms with van der Waals surface area (Å²) in [5.41, 5.74) is 1.85. The lowest BCUT2D eigenvalue weighted by Gasteiger charge is -2.31. The number of rotatable bonds is 16. The zero-order valence-electron chi connectivity index (χ0n) is 19.2. The summed E-state index contributed by atoms with van der Waals surface area (Å²) in [5.74, 6) is -1.18. The van der Waals surface area contributed by atoms with E-state index < -0.39 is 29.9 Å². The zero-order chi connectivity index (χ0) is 23.7. The molecule has 0 fully saturated rings. The van der Waals surface area contributed by atoms with Gasteiger partial charge in [-0.15, -0.1) is 5.73 Å². The smallest absolute Gasteiger partial charge is 0.258 e. The number of nitrogens with zero attached hydrogens (tertiary/aromatic N) is 1. The summed E-state index contributed by atoms with van der Waals surface area (Å²) in [6, 6.07) is 0. The fourth-order valence-electron chi connectivity index (χ4n) is 2.70. The minimum Gasteiger partial charge on any atom is -0.396 e. The Balaban J connectivity index is 4.97. The van der Waals surface area contributed by atoms with Crippen molar-refractivity contribution in [2.45, 2.75) is 78.2 Å². The van der Waals surface area contributed by atoms with Crippen molar-refractivity contribution in [3.05, 3.63) is 17.9 Å². The summed E-state index contributed by atoms with van der Waals surface area (Å²) >= 11 is 4.02. The van der Waals surface area contributed by atoms with Crippen LogP contribution >= 0.6 is 12.6 Å². The van der Waals surface area contributed by atoms with E-state index in [1.807, 2.05) is 6.08 Å². The van der Waals surface area contributed by atoms with Crippen LogP contribution in [-0.4, -0.2) is 64.4 Å². The highest BCUT2D eigenvalue weighted by molar-refractivity contribution is 7.80. The highest BCUT2D eigenvalue weighted by atomic mass is 32.1. The van der Waals surface area contributed by atoms with Crippen LogP contribution in [0.1, 0.15) is 72.1 Å². The molecule has 0 aliphatic heterocycles. The summed E-state index contributed by atoms with van der Waals surface area (Å²) in [7, 11) is 0. The first kappa shape index (κ1) is 29.4. The molecule has 0 radical (unpaired) electrons. The van der Waals surface area contributed by atoms with E-state index in [1.165, 1.54) is 39.5 Å². The third-order valence-electron chi connectivity index (χ3n) is 4.91. The van der Waals surface area contributed by atoms with E-state index in [4.69, 9.17) is 0 Å². The molecule has 0 aromatic rings. The quantitative estimate of drug-likeness (QED) is 0.162. The van der Waals surface area contributed by atoms with E-state index >= 15 is 0 Å². The van der Waals surface area contributed by atoms with Crippen molar-refractivity contribution in [3.8, 4) is 0 Å². The van der Waals surface area contributed by atoms with Gasteiger partial charge in [0.05, 0.1) is 13.0 Å². The standard InChI is InChI=1S/C23H40N2O5S/c1-4-5-6-7-8-9-10-11-12-13-20(28)25(16-14-19(27)24-15-17-31)22(30)21(29)23(2,3)18-26/h10,12,21,26,29,31H,4-9,13-18H2,1-3H3,(H,24,27)/t11?,21-/m1/s1. The topological polar surface area (TPSA) is 107 Å². The summed E-state index contributed by atoms with van der Waals surface area (Å²) in [6.07, 6.45) is 8.51. The van der Waals surface area contributed by atoms with Crippen molar-refractivity contribution >= 4 is 30.4 Å². The number of carbonyl (C=O) groups is 3. The Hall–Kier alpha value is -1.60. The maximum Gasteiger partial charge on any atom is 0.258 e. The van der Waals surface area contributed by atoms with Crippen LogP contribution in [0, 0.1) is 5.41 Å². The number of hydrogen-bond donors (Lipinski definition) is 4. The normalized spacial score (nSPS) is 11.9. The lowest BCUT2D eigenvalue weighted by molar-refractivity contribution is -0.156. The molecule has 7 nitrogen and oxygen atoms in total. The third-order valence-corrected chi connectivity index (χ3v) is 5.13. The van der Waals surface area contributed by atoms with Crippen molar-refractivity contribution in [1.82, 2.24) is 10.2 Å². The molecule has 0 heterocycles. The number of amides is 3. The molecular formula is C23H40N2O5S. The molecule has 0 spiro atoms. The van der Waals surface area contributed by atoms with Gasteiger partial charge in [0.1, 0.15) is 6.10 Å². The molecule has 0 aliphatic carbocycles. The van der Waals surface area contributed by atoms with E-state index in [1.54, 1.807) is 6.08 Å². The SMILES string of the molecule is CCCCCCCC=C=CCC(=O)N(CCC(=O)NCCS)C(=O)[C@@H](O)C(C)(C)CO. The Morgan fingerprint density at radius 1 is 1.16 bits per heavy atom. The Kier molecular flexibility index (Phi) is 16.1. The number of carbonyl (C=O) groups excluding carboxylic acids is 3. The largest absolute Gasteiger partial charge is 0.396 e. The molecule has 1 atom stereocenters. The van der Waals surface area contributed by atoms with Gasteiger partial charge in [-0.1, -0.05) is 46.5 Å². The van der Waals surface area contributed by atoms with Crippen LogP contribution in [-0.2, 0) is 14.4 Å². The Morgan fingerprint density at radius 3 is 2.45 bits per heavy atom. The maximum atomic E-state index is 12.7. The number of thiol groups is 1. The van der Waals surface area contributed by atoms with Gasteiger partial charge >= 0.3 is 0 Å². The van der Waals surface area contributed by atoms with Gasteiger partial charge in [-0.05, 0) is 25.0 Å². The number of aliphatic hydroxyl groups excluding tert-OH is 2. The highest BCUT2D eigenvalue weighted by Gasteiger charge is 2.37. The molecule has 0 bridgehead atoms. The number of hydrogen-bond acceptors (Lipinski definition) is 6. The summed E-state index contributed by atoms with van der Waals surface area (Å²) in [4.78, 5) is 38.1. The van der Waals surface area contributed by atoms with Crippen LogP contribution in [0.3, 0.4) is 0 Å². The second kappa shape index (κ2) is 17.0. The van der Waals surface area contributed by atoms with Gasteiger partial charge in [0.15, 0.2) is 0 Å². The predicted molar refractivity (Wildman–Crippen MR) is 126 cm³/mol. The average molecular weight is 457 g/mol. The van der Waals surface area contributed by atoms with E-state index in [-0.39, 0.29) is 25.3 Å². The molecule has 0 aromatic carbocycles. The predicted octanol–water partition coefficient (Wildman–Crippen LogP) is 2.62. The lowest BCUT2D eigenvalue weighted by Crippen LogP contribution is -2.50. The molecule has 3 N–H and O–H groups in total. The van der Waals surface area contributed by atoms with E-state index in [0.717, 1.165) is 17.7 Å². The molecule has 0 unspecified atom stereocenters. The lowest BCUT2D eigenvalue weighted by atomic mass is 9.86. The second-order valence-corrected chi connectivity index (χ2v) is 8.69. The summed E-state index contributed by atoms with van der Waals surface area (Å²) < 4.78 is 0. The van der Waals surface area contributed by atoms with E-state index in [2.05, 4.69) is 30.6 Å². The monoisotopic (exact) mass is 456 g/mol. The fourth-order valence-corrected chi connectivity index (χ4v) is 2.81. The van der Waals surface area contributed by atoms with E-state index in [0.29, 0.717) is 12.3 Å². The van der Waals surface area contributed by atoms with Crippen molar-refractivity contribution < 1.29 is 24.6 Å². The molecule has 0 aromatic heterocycles. The molecule has 0 aliphatic rings. The highest BCUT2D eigenvalue weighted by Crippen LogP contribution is 2.22.